The van der Waals surface area contributed by atoms with Crippen LogP contribution in [0.1, 0.15) is 26.6 Å². The van der Waals surface area contributed by atoms with Crippen molar-refractivity contribution in [3.05, 3.63) is 55.5 Å². The smallest absolute Gasteiger partial charge is 0.272 e. The summed E-state index contributed by atoms with van der Waals surface area (Å²) in [4.78, 5) is 26.4. The van der Waals surface area contributed by atoms with Gasteiger partial charge in [0.25, 0.3) is 11.6 Å². The molecule has 0 fully saturated rings. The number of hydrogen-bond acceptors (Lipinski definition) is 5. The minimum Gasteiger partial charge on any atom is -0.346 e. The van der Waals surface area contributed by atoms with Gasteiger partial charge in [-0.2, -0.15) is 0 Å². The Hall–Kier alpha value is -2.28. The molecule has 0 radical (unpaired) electrons. The first-order valence-corrected chi connectivity index (χ1v) is 6.79. The van der Waals surface area contributed by atoms with Crippen molar-refractivity contribution in [1.82, 2.24) is 10.3 Å². The van der Waals surface area contributed by atoms with Gasteiger partial charge in [-0.25, -0.2) is 4.98 Å². The zero-order valence-corrected chi connectivity index (χ0v) is 11.9. The Morgan fingerprint density at radius 1 is 1.45 bits per heavy atom. The third kappa shape index (κ3) is 3.18. The number of rotatable bonds is 4. The standard InChI is InChI=1S/C13H13N3O3S/c1-8-5-10(3-4-12(8)16(18)19)13(17)14-6-11-7-20-9(2)15-11/h3-5,7H,6H2,1-2H3,(H,14,17). The minimum absolute atomic E-state index is 0.0108. The summed E-state index contributed by atoms with van der Waals surface area (Å²) in [6.07, 6.45) is 0. The van der Waals surface area contributed by atoms with Crippen LogP contribution in [0.15, 0.2) is 23.6 Å². The Balaban J connectivity index is 2.06. The molecular formula is C13H13N3O3S. The van der Waals surface area contributed by atoms with Crippen LogP contribution in [0, 0.1) is 24.0 Å². The number of nitrogens with zero attached hydrogens (tertiary/aromatic N) is 2. The van der Waals surface area contributed by atoms with Crippen LogP contribution >= 0.6 is 11.3 Å². The van der Waals surface area contributed by atoms with Gasteiger partial charge in [0.05, 0.1) is 22.2 Å². The highest BCUT2D eigenvalue weighted by Gasteiger charge is 2.13. The molecule has 104 valence electrons. The van der Waals surface area contributed by atoms with Crippen molar-refractivity contribution >= 4 is 22.9 Å². The summed E-state index contributed by atoms with van der Waals surface area (Å²) < 4.78 is 0. The summed E-state index contributed by atoms with van der Waals surface area (Å²) in [6, 6.07) is 4.31. The van der Waals surface area contributed by atoms with E-state index in [4.69, 9.17) is 0 Å². The summed E-state index contributed by atoms with van der Waals surface area (Å²) >= 11 is 1.52. The molecule has 0 atom stereocenters. The molecule has 20 heavy (non-hydrogen) atoms. The van der Waals surface area contributed by atoms with Gasteiger partial charge in [0.15, 0.2) is 0 Å². The molecule has 0 aliphatic heterocycles. The van der Waals surface area contributed by atoms with Crippen LogP contribution < -0.4 is 5.32 Å². The van der Waals surface area contributed by atoms with Gasteiger partial charge in [0.2, 0.25) is 0 Å². The molecule has 0 aliphatic carbocycles. The summed E-state index contributed by atoms with van der Waals surface area (Å²) in [7, 11) is 0. The zero-order valence-electron chi connectivity index (χ0n) is 11.0. The van der Waals surface area contributed by atoms with Crippen molar-refractivity contribution in [2.75, 3.05) is 0 Å². The highest BCUT2D eigenvalue weighted by Crippen LogP contribution is 2.18. The van der Waals surface area contributed by atoms with E-state index in [-0.39, 0.29) is 11.6 Å². The number of nitro benzene ring substituents is 1. The monoisotopic (exact) mass is 291 g/mol. The van der Waals surface area contributed by atoms with E-state index in [0.717, 1.165) is 10.7 Å². The fourth-order valence-corrected chi connectivity index (χ4v) is 2.38. The second-order valence-electron chi connectivity index (χ2n) is 4.30. The maximum absolute atomic E-state index is 12.0. The number of carbonyl (C=O) groups excluding carboxylic acids is 1. The van der Waals surface area contributed by atoms with Crippen molar-refractivity contribution in [2.24, 2.45) is 0 Å². The summed E-state index contributed by atoms with van der Waals surface area (Å²) in [6.45, 7) is 3.85. The lowest BCUT2D eigenvalue weighted by Crippen LogP contribution is -2.23. The van der Waals surface area contributed by atoms with Gasteiger partial charge in [-0.1, -0.05) is 0 Å². The first-order chi connectivity index (χ1) is 9.47. The van der Waals surface area contributed by atoms with E-state index < -0.39 is 4.92 Å². The zero-order chi connectivity index (χ0) is 14.7. The molecule has 1 N–H and O–H groups in total. The van der Waals surface area contributed by atoms with Crippen LogP contribution in [0.25, 0.3) is 0 Å². The first kappa shape index (κ1) is 14.1. The maximum atomic E-state index is 12.0. The van der Waals surface area contributed by atoms with Gasteiger partial charge >= 0.3 is 0 Å². The van der Waals surface area contributed by atoms with Crippen molar-refractivity contribution in [2.45, 2.75) is 20.4 Å². The third-order valence-electron chi connectivity index (χ3n) is 2.75. The number of carbonyl (C=O) groups is 1. The third-order valence-corrected chi connectivity index (χ3v) is 3.57. The quantitative estimate of drug-likeness (QED) is 0.693. The van der Waals surface area contributed by atoms with E-state index in [9.17, 15) is 14.9 Å². The normalized spacial score (nSPS) is 10.3. The van der Waals surface area contributed by atoms with E-state index in [2.05, 4.69) is 10.3 Å². The number of hydrogen-bond donors (Lipinski definition) is 1. The fraction of sp³-hybridized carbons (Fsp3) is 0.231. The molecule has 1 aromatic carbocycles. The van der Waals surface area contributed by atoms with Crippen molar-refractivity contribution in [1.29, 1.82) is 0 Å². The SMILES string of the molecule is Cc1nc(CNC(=O)c2ccc([N+](=O)[O-])c(C)c2)cs1. The van der Waals surface area contributed by atoms with Gasteiger partial charge in [0.1, 0.15) is 0 Å². The molecule has 2 aromatic rings. The topological polar surface area (TPSA) is 85.1 Å². The van der Waals surface area contributed by atoms with Crippen LogP contribution in [0.2, 0.25) is 0 Å². The Morgan fingerprint density at radius 2 is 2.20 bits per heavy atom. The van der Waals surface area contributed by atoms with Crippen LogP contribution in [-0.4, -0.2) is 15.8 Å². The molecule has 1 aromatic heterocycles. The number of amides is 1. The first-order valence-electron chi connectivity index (χ1n) is 5.91. The summed E-state index contributed by atoms with van der Waals surface area (Å²) in [5.74, 6) is -0.270. The molecule has 0 unspecified atom stereocenters. The maximum Gasteiger partial charge on any atom is 0.272 e. The predicted octanol–water partition coefficient (Wildman–Crippen LogP) is 2.60. The lowest BCUT2D eigenvalue weighted by atomic mass is 10.1. The average Bonchev–Trinajstić information content (AvgIpc) is 2.81. The molecule has 0 spiro atoms. The lowest BCUT2D eigenvalue weighted by molar-refractivity contribution is -0.385. The minimum atomic E-state index is -0.463. The van der Waals surface area contributed by atoms with Crippen LogP contribution in [0.5, 0.6) is 0 Å². The van der Waals surface area contributed by atoms with Crippen LogP contribution in [-0.2, 0) is 6.54 Å². The van der Waals surface area contributed by atoms with Gasteiger partial charge in [-0.3, -0.25) is 14.9 Å². The van der Waals surface area contributed by atoms with E-state index in [1.54, 1.807) is 6.92 Å². The molecule has 0 saturated heterocycles. The molecule has 1 heterocycles. The highest BCUT2D eigenvalue weighted by atomic mass is 32.1. The molecule has 0 saturated carbocycles. The second-order valence-corrected chi connectivity index (χ2v) is 5.36. The van der Waals surface area contributed by atoms with E-state index in [1.807, 2.05) is 12.3 Å². The molecule has 0 bridgehead atoms. The number of nitrogens with one attached hydrogen (secondary N) is 1. The molecule has 7 heteroatoms. The lowest BCUT2D eigenvalue weighted by Gasteiger charge is -2.04. The van der Waals surface area contributed by atoms with E-state index in [0.29, 0.717) is 17.7 Å². The van der Waals surface area contributed by atoms with Crippen molar-refractivity contribution < 1.29 is 9.72 Å². The average molecular weight is 291 g/mol. The number of benzene rings is 1. The molecule has 6 nitrogen and oxygen atoms in total. The number of nitro groups is 1. The van der Waals surface area contributed by atoms with Crippen molar-refractivity contribution in [3.63, 3.8) is 0 Å². The molecule has 1 amide bonds. The Kier molecular flexibility index (Phi) is 4.09. The second kappa shape index (κ2) is 5.79. The number of aryl methyl sites for hydroxylation is 2. The fourth-order valence-electron chi connectivity index (χ4n) is 1.76. The Bertz CT molecular complexity index is 667. The Labute approximate surface area is 119 Å². The van der Waals surface area contributed by atoms with Crippen LogP contribution in [0.4, 0.5) is 5.69 Å². The van der Waals surface area contributed by atoms with E-state index >= 15 is 0 Å². The van der Waals surface area contributed by atoms with Crippen molar-refractivity contribution in [3.8, 4) is 0 Å². The molecule has 0 aliphatic rings. The number of thiazole rings is 1. The van der Waals surface area contributed by atoms with Crippen LogP contribution in [0.3, 0.4) is 0 Å². The summed E-state index contributed by atoms with van der Waals surface area (Å²) in [5, 5.41) is 16.3. The largest absolute Gasteiger partial charge is 0.346 e. The molecule has 2 rings (SSSR count). The van der Waals surface area contributed by atoms with Gasteiger partial charge in [-0.05, 0) is 26.0 Å². The van der Waals surface area contributed by atoms with Gasteiger partial charge < -0.3 is 5.32 Å². The molecular weight excluding hydrogens is 278 g/mol. The predicted molar refractivity (Wildman–Crippen MR) is 75.9 cm³/mol. The summed E-state index contributed by atoms with van der Waals surface area (Å²) in [5.41, 5.74) is 1.68. The van der Waals surface area contributed by atoms with Gasteiger partial charge in [-0.15, -0.1) is 11.3 Å². The van der Waals surface area contributed by atoms with E-state index in [1.165, 1.54) is 29.5 Å². The number of aromatic nitrogens is 1. The Morgan fingerprint density at radius 3 is 2.75 bits per heavy atom. The van der Waals surface area contributed by atoms with Gasteiger partial charge in [0, 0.05) is 22.6 Å². The highest BCUT2D eigenvalue weighted by molar-refractivity contribution is 7.09.